The van der Waals surface area contributed by atoms with Crippen LogP contribution in [0.5, 0.6) is 0 Å². The van der Waals surface area contributed by atoms with Crippen molar-refractivity contribution in [3.8, 4) is 0 Å². The Hall–Kier alpha value is -1.08. The van der Waals surface area contributed by atoms with Crippen LogP contribution in [0.3, 0.4) is 0 Å². The standard InChI is InChI=1S/C10H7S/c11-10-7-3-5-8-4-1-2-6-9(8)10/h1-7H. The summed E-state index contributed by atoms with van der Waals surface area (Å²) in [6.07, 6.45) is 0. The maximum atomic E-state index is 5.15. The Balaban J connectivity index is 2.91. The summed E-state index contributed by atoms with van der Waals surface area (Å²) in [6.45, 7) is 0. The number of rotatable bonds is 0. The van der Waals surface area contributed by atoms with Crippen molar-refractivity contribution in [2.45, 2.75) is 4.90 Å². The van der Waals surface area contributed by atoms with E-state index in [1.807, 2.05) is 24.3 Å². The van der Waals surface area contributed by atoms with Crippen molar-refractivity contribution in [1.82, 2.24) is 0 Å². The summed E-state index contributed by atoms with van der Waals surface area (Å²) in [5.41, 5.74) is 0. The average molecular weight is 159 g/mol. The van der Waals surface area contributed by atoms with Crippen molar-refractivity contribution in [3.63, 3.8) is 0 Å². The van der Waals surface area contributed by atoms with E-state index < -0.39 is 0 Å². The first-order chi connectivity index (χ1) is 5.38. The van der Waals surface area contributed by atoms with Crippen LogP contribution in [0.25, 0.3) is 10.8 Å². The Bertz CT molecular complexity index is 374. The molecule has 0 aliphatic heterocycles. The Morgan fingerprint density at radius 3 is 2.36 bits per heavy atom. The topological polar surface area (TPSA) is 0 Å². The van der Waals surface area contributed by atoms with Crippen molar-refractivity contribution >= 4 is 23.4 Å². The fourth-order valence-corrected chi connectivity index (χ4v) is 1.46. The maximum Gasteiger partial charge on any atom is 0.0455 e. The van der Waals surface area contributed by atoms with Crippen LogP contribution in [-0.4, -0.2) is 0 Å². The molecule has 2 aromatic carbocycles. The molecule has 0 amide bonds. The van der Waals surface area contributed by atoms with Gasteiger partial charge >= 0.3 is 0 Å². The molecule has 2 rings (SSSR count). The van der Waals surface area contributed by atoms with E-state index in [9.17, 15) is 0 Å². The van der Waals surface area contributed by atoms with Crippen molar-refractivity contribution in [2.24, 2.45) is 0 Å². The smallest absolute Gasteiger partial charge is 0.0455 e. The first-order valence-electron chi connectivity index (χ1n) is 3.53. The molecule has 0 fully saturated rings. The number of hydrogen-bond acceptors (Lipinski definition) is 0. The Kier molecular flexibility index (Phi) is 1.51. The second-order valence-electron chi connectivity index (χ2n) is 2.48. The van der Waals surface area contributed by atoms with Crippen molar-refractivity contribution in [1.29, 1.82) is 0 Å². The third-order valence-electron chi connectivity index (χ3n) is 1.75. The second-order valence-corrected chi connectivity index (χ2v) is 2.92. The fraction of sp³-hybridized carbons (Fsp3) is 0. The molecule has 11 heavy (non-hydrogen) atoms. The molecule has 0 atom stereocenters. The van der Waals surface area contributed by atoms with Crippen LogP contribution in [0.4, 0.5) is 0 Å². The Labute approximate surface area is 71.3 Å². The lowest BCUT2D eigenvalue weighted by atomic mass is 10.1. The van der Waals surface area contributed by atoms with Crippen LogP contribution in [0.2, 0.25) is 0 Å². The molecule has 1 radical (unpaired) electrons. The van der Waals surface area contributed by atoms with E-state index in [0.717, 1.165) is 4.90 Å². The molecule has 0 saturated heterocycles. The van der Waals surface area contributed by atoms with Gasteiger partial charge < -0.3 is 0 Å². The third kappa shape index (κ3) is 1.08. The number of hydrogen-bond donors (Lipinski definition) is 0. The minimum absolute atomic E-state index is 0.933. The van der Waals surface area contributed by atoms with Gasteiger partial charge in [0, 0.05) is 4.90 Å². The van der Waals surface area contributed by atoms with Gasteiger partial charge in [0.25, 0.3) is 0 Å². The van der Waals surface area contributed by atoms with Gasteiger partial charge in [-0.15, -0.1) is 0 Å². The van der Waals surface area contributed by atoms with Gasteiger partial charge in [0.15, 0.2) is 0 Å². The number of fused-ring (bicyclic) bond motifs is 1. The molecule has 0 bridgehead atoms. The zero-order chi connectivity index (χ0) is 7.68. The largest absolute Gasteiger partial charge is 0.0794 e. The summed E-state index contributed by atoms with van der Waals surface area (Å²) < 4.78 is 0. The van der Waals surface area contributed by atoms with Gasteiger partial charge in [0.05, 0.1) is 0 Å². The van der Waals surface area contributed by atoms with Gasteiger partial charge in [-0.05, 0) is 16.8 Å². The lowest BCUT2D eigenvalue weighted by molar-refractivity contribution is 1.56. The van der Waals surface area contributed by atoms with Gasteiger partial charge in [-0.2, -0.15) is 0 Å². The molecule has 2 aromatic rings. The fourth-order valence-electron chi connectivity index (χ4n) is 1.20. The van der Waals surface area contributed by atoms with E-state index >= 15 is 0 Å². The predicted octanol–water partition coefficient (Wildman–Crippen LogP) is 3.40. The normalized spacial score (nSPS) is 10.2. The molecule has 53 valence electrons. The minimum atomic E-state index is 0.933. The molecular formula is C10H7S. The first kappa shape index (κ1) is 6.62. The van der Waals surface area contributed by atoms with E-state index in [-0.39, 0.29) is 0 Å². The average Bonchev–Trinajstić information content (AvgIpc) is 2.06. The summed E-state index contributed by atoms with van der Waals surface area (Å²) in [5, 5.41) is 2.39. The molecule has 1 heteroatoms. The Morgan fingerprint density at radius 2 is 1.55 bits per heavy atom. The zero-order valence-electron chi connectivity index (χ0n) is 5.95. The lowest BCUT2D eigenvalue weighted by Crippen LogP contribution is -1.71. The quantitative estimate of drug-likeness (QED) is 0.552. The maximum absolute atomic E-state index is 5.15. The molecular weight excluding hydrogens is 152 g/mol. The zero-order valence-corrected chi connectivity index (χ0v) is 6.77. The molecule has 0 aliphatic rings. The van der Waals surface area contributed by atoms with Crippen molar-refractivity contribution in [3.05, 3.63) is 42.5 Å². The van der Waals surface area contributed by atoms with Crippen LogP contribution in [0, 0.1) is 0 Å². The molecule has 0 spiro atoms. The highest BCUT2D eigenvalue weighted by Gasteiger charge is 1.93. The van der Waals surface area contributed by atoms with Gasteiger partial charge in [0.2, 0.25) is 0 Å². The van der Waals surface area contributed by atoms with Crippen molar-refractivity contribution in [2.75, 3.05) is 0 Å². The van der Waals surface area contributed by atoms with Crippen LogP contribution in [-0.2, 0) is 0 Å². The summed E-state index contributed by atoms with van der Waals surface area (Å²) in [4.78, 5) is 0.933. The number of benzene rings is 2. The molecule has 0 N–H and O–H groups in total. The molecule has 0 aliphatic carbocycles. The monoisotopic (exact) mass is 159 g/mol. The van der Waals surface area contributed by atoms with Crippen LogP contribution >= 0.6 is 12.6 Å². The highest BCUT2D eigenvalue weighted by molar-refractivity contribution is 7.80. The van der Waals surface area contributed by atoms with Crippen LogP contribution < -0.4 is 0 Å². The van der Waals surface area contributed by atoms with E-state index in [4.69, 9.17) is 12.6 Å². The lowest BCUT2D eigenvalue weighted by Gasteiger charge is -1.97. The van der Waals surface area contributed by atoms with Gasteiger partial charge in [-0.3, -0.25) is 0 Å². The van der Waals surface area contributed by atoms with E-state index in [1.54, 1.807) is 0 Å². The molecule has 0 nitrogen and oxygen atoms in total. The molecule has 0 unspecified atom stereocenters. The van der Waals surface area contributed by atoms with Gasteiger partial charge in [0.1, 0.15) is 0 Å². The van der Waals surface area contributed by atoms with E-state index in [2.05, 4.69) is 18.2 Å². The molecule has 0 aromatic heterocycles. The SMILES string of the molecule is [S]c1cccc2ccccc12. The van der Waals surface area contributed by atoms with E-state index in [0.29, 0.717) is 0 Å². The predicted molar refractivity (Wildman–Crippen MR) is 49.8 cm³/mol. The molecule has 0 heterocycles. The van der Waals surface area contributed by atoms with Gasteiger partial charge in [-0.25, -0.2) is 0 Å². The molecule has 0 saturated carbocycles. The highest BCUT2D eigenvalue weighted by atomic mass is 32.1. The van der Waals surface area contributed by atoms with Crippen LogP contribution in [0.15, 0.2) is 47.4 Å². The third-order valence-corrected chi connectivity index (χ3v) is 2.11. The Morgan fingerprint density at radius 1 is 0.818 bits per heavy atom. The van der Waals surface area contributed by atoms with Gasteiger partial charge in [-0.1, -0.05) is 49.0 Å². The van der Waals surface area contributed by atoms with Crippen LogP contribution in [0.1, 0.15) is 0 Å². The van der Waals surface area contributed by atoms with Crippen molar-refractivity contribution < 1.29 is 0 Å². The highest BCUT2D eigenvalue weighted by Crippen LogP contribution is 2.20. The first-order valence-corrected chi connectivity index (χ1v) is 3.93. The minimum Gasteiger partial charge on any atom is -0.0794 e. The summed E-state index contributed by atoms with van der Waals surface area (Å²) in [7, 11) is 0. The summed E-state index contributed by atoms with van der Waals surface area (Å²) >= 11 is 5.15. The summed E-state index contributed by atoms with van der Waals surface area (Å²) in [6, 6.07) is 14.2. The second kappa shape index (κ2) is 2.51. The summed E-state index contributed by atoms with van der Waals surface area (Å²) in [5.74, 6) is 0. The van der Waals surface area contributed by atoms with E-state index in [1.165, 1.54) is 10.8 Å².